The third-order valence-electron chi connectivity index (χ3n) is 5.29. The summed E-state index contributed by atoms with van der Waals surface area (Å²) in [5.74, 6) is -0.0908. The van der Waals surface area contributed by atoms with Gasteiger partial charge in [0.2, 0.25) is 0 Å². The maximum atomic E-state index is 13.4. The standard InChI is InChI=1S/C23H21ClN2O4S/c1-15-6-5-7-19(16(15)2)25-23(27)22-14-26(20-8-3-4-9-21(20)30-22)31(28,29)18-12-10-17(24)11-13-18/h3-13,22H,14H2,1-2H3,(H,25,27). The van der Waals surface area contributed by atoms with Crippen LogP contribution in [0.5, 0.6) is 5.75 Å². The van der Waals surface area contributed by atoms with E-state index in [1.54, 1.807) is 30.3 Å². The molecule has 0 spiro atoms. The van der Waals surface area contributed by atoms with Gasteiger partial charge in [-0.05, 0) is 67.4 Å². The number of hydrogen-bond donors (Lipinski definition) is 1. The van der Waals surface area contributed by atoms with Crippen LogP contribution in [0.2, 0.25) is 5.02 Å². The van der Waals surface area contributed by atoms with Gasteiger partial charge in [0.05, 0.1) is 17.1 Å². The van der Waals surface area contributed by atoms with Crippen molar-refractivity contribution in [2.24, 2.45) is 0 Å². The van der Waals surface area contributed by atoms with Crippen LogP contribution in [0.15, 0.2) is 71.6 Å². The Balaban J connectivity index is 1.68. The number of amides is 1. The van der Waals surface area contributed by atoms with Crippen molar-refractivity contribution in [1.29, 1.82) is 0 Å². The first kappa shape index (κ1) is 21.2. The molecule has 0 aliphatic carbocycles. The Hall–Kier alpha value is -3.03. The summed E-state index contributed by atoms with van der Waals surface area (Å²) in [5.41, 5.74) is 3.03. The van der Waals surface area contributed by atoms with E-state index < -0.39 is 22.0 Å². The Morgan fingerprint density at radius 2 is 1.74 bits per heavy atom. The fourth-order valence-electron chi connectivity index (χ4n) is 3.40. The summed E-state index contributed by atoms with van der Waals surface area (Å²) < 4.78 is 33.9. The van der Waals surface area contributed by atoms with E-state index >= 15 is 0 Å². The SMILES string of the molecule is Cc1cccc(NC(=O)C2CN(S(=O)(=O)c3ccc(Cl)cc3)c3ccccc3O2)c1C. The van der Waals surface area contributed by atoms with Crippen LogP contribution in [0.25, 0.3) is 0 Å². The summed E-state index contributed by atoms with van der Waals surface area (Å²) in [6, 6.07) is 18.3. The van der Waals surface area contributed by atoms with E-state index in [9.17, 15) is 13.2 Å². The Kier molecular flexibility index (Phi) is 5.64. The van der Waals surface area contributed by atoms with Crippen molar-refractivity contribution in [3.63, 3.8) is 0 Å². The lowest BCUT2D eigenvalue weighted by molar-refractivity contribution is -0.122. The molecule has 6 nitrogen and oxygen atoms in total. The van der Waals surface area contributed by atoms with Gasteiger partial charge in [0.25, 0.3) is 15.9 Å². The third-order valence-corrected chi connectivity index (χ3v) is 7.34. The van der Waals surface area contributed by atoms with Crippen LogP contribution in [-0.4, -0.2) is 27.0 Å². The van der Waals surface area contributed by atoms with Crippen LogP contribution < -0.4 is 14.4 Å². The largest absolute Gasteiger partial charge is 0.476 e. The number of rotatable bonds is 4. The molecule has 8 heteroatoms. The first-order valence-electron chi connectivity index (χ1n) is 9.68. The highest BCUT2D eigenvalue weighted by atomic mass is 35.5. The summed E-state index contributed by atoms with van der Waals surface area (Å²) in [6.45, 7) is 3.72. The molecule has 1 unspecified atom stereocenters. The van der Waals surface area contributed by atoms with Crippen molar-refractivity contribution in [1.82, 2.24) is 0 Å². The molecule has 160 valence electrons. The number of carbonyl (C=O) groups excluding carboxylic acids is 1. The minimum Gasteiger partial charge on any atom is -0.476 e. The van der Waals surface area contributed by atoms with Crippen LogP contribution in [0.3, 0.4) is 0 Å². The molecule has 1 amide bonds. The average Bonchev–Trinajstić information content (AvgIpc) is 2.76. The second-order valence-electron chi connectivity index (χ2n) is 7.30. The quantitative estimate of drug-likeness (QED) is 0.624. The molecule has 1 aliphatic heterocycles. The molecule has 31 heavy (non-hydrogen) atoms. The molecular weight excluding hydrogens is 436 g/mol. The maximum absolute atomic E-state index is 13.4. The Morgan fingerprint density at radius 1 is 1.03 bits per heavy atom. The van der Waals surface area contributed by atoms with Gasteiger partial charge in [-0.1, -0.05) is 35.9 Å². The molecule has 0 radical (unpaired) electrons. The van der Waals surface area contributed by atoms with Gasteiger partial charge in [-0.15, -0.1) is 0 Å². The summed E-state index contributed by atoms with van der Waals surface area (Å²) in [5, 5.41) is 3.31. The molecule has 4 rings (SSSR count). The molecule has 1 heterocycles. The number of para-hydroxylation sites is 2. The number of ether oxygens (including phenoxy) is 1. The van der Waals surface area contributed by atoms with Gasteiger partial charge < -0.3 is 10.1 Å². The van der Waals surface area contributed by atoms with E-state index in [0.29, 0.717) is 22.1 Å². The maximum Gasteiger partial charge on any atom is 0.267 e. The lowest BCUT2D eigenvalue weighted by Gasteiger charge is -2.34. The van der Waals surface area contributed by atoms with Gasteiger partial charge in [-0.25, -0.2) is 8.42 Å². The van der Waals surface area contributed by atoms with Crippen molar-refractivity contribution >= 4 is 38.9 Å². The molecule has 3 aromatic carbocycles. The number of aryl methyl sites for hydroxylation is 1. The van der Waals surface area contributed by atoms with Crippen molar-refractivity contribution in [2.75, 3.05) is 16.2 Å². The minimum absolute atomic E-state index is 0.0855. The van der Waals surface area contributed by atoms with Gasteiger partial charge in [0.15, 0.2) is 6.10 Å². The van der Waals surface area contributed by atoms with Gasteiger partial charge in [-0.3, -0.25) is 9.10 Å². The molecule has 0 saturated carbocycles. The number of hydrogen-bond acceptors (Lipinski definition) is 4. The van der Waals surface area contributed by atoms with Gasteiger partial charge in [0, 0.05) is 10.7 Å². The number of nitrogens with one attached hydrogen (secondary N) is 1. The van der Waals surface area contributed by atoms with E-state index in [1.807, 2.05) is 26.0 Å². The number of anilines is 2. The average molecular weight is 457 g/mol. The lowest BCUT2D eigenvalue weighted by atomic mass is 10.1. The van der Waals surface area contributed by atoms with Gasteiger partial charge in [-0.2, -0.15) is 0 Å². The topological polar surface area (TPSA) is 75.7 Å². The fraction of sp³-hybridized carbons (Fsp3) is 0.174. The molecule has 3 aromatic rings. The molecule has 0 bridgehead atoms. The Morgan fingerprint density at radius 3 is 2.48 bits per heavy atom. The summed E-state index contributed by atoms with van der Waals surface area (Å²) in [7, 11) is -3.93. The van der Waals surface area contributed by atoms with Crippen LogP contribution >= 0.6 is 11.6 Å². The fourth-order valence-corrected chi connectivity index (χ4v) is 5.00. The number of halogens is 1. The van der Waals surface area contributed by atoms with Crippen molar-refractivity contribution in [2.45, 2.75) is 24.8 Å². The van der Waals surface area contributed by atoms with E-state index in [2.05, 4.69) is 5.32 Å². The normalized spacial score (nSPS) is 15.7. The molecule has 1 N–H and O–H groups in total. The predicted octanol–water partition coefficient (Wildman–Crippen LogP) is 4.55. The highest BCUT2D eigenvalue weighted by Crippen LogP contribution is 2.37. The summed E-state index contributed by atoms with van der Waals surface area (Å²) in [4.78, 5) is 13.1. The van der Waals surface area contributed by atoms with Crippen molar-refractivity contribution in [3.05, 3.63) is 82.9 Å². The van der Waals surface area contributed by atoms with E-state index in [-0.39, 0.29) is 11.4 Å². The van der Waals surface area contributed by atoms with Gasteiger partial charge in [0.1, 0.15) is 5.75 Å². The zero-order valence-corrected chi connectivity index (χ0v) is 18.6. The smallest absolute Gasteiger partial charge is 0.267 e. The van der Waals surface area contributed by atoms with Gasteiger partial charge >= 0.3 is 0 Å². The number of sulfonamides is 1. The zero-order valence-electron chi connectivity index (χ0n) is 17.0. The van der Waals surface area contributed by atoms with Crippen molar-refractivity contribution in [3.8, 4) is 5.75 Å². The monoisotopic (exact) mass is 456 g/mol. The first-order valence-corrected chi connectivity index (χ1v) is 11.5. The van der Waals surface area contributed by atoms with E-state index in [1.165, 1.54) is 28.6 Å². The van der Waals surface area contributed by atoms with E-state index in [4.69, 9.17) is 16.3 Å². The molecule has 1 atom stereocenters. The highest BCUT2D eigenvalue weighted by molar-refractivity contribution is 7.92. The molecule has 1 aliphatic rings. The molecule has 0 aromatic heterocycles. The van der Waals surface area contributed by atoms with Crippen LogP contribution in [-0.2, 0) is 14.8 Å². The minimum atomic E-state index is -3.93. The molecule has 0 saturated heterocycles. The number of fused-ring (bicyclic) bond motifs is 1. The molecular formula is C23H21ClN2O4S. The van der Waals surface area contributed by atoms with Crippen molar-refractivity contribution < 1.29 is 17.9 Å². The second-order valence-corrected chi connectivity index (χ2v) is 9.60. The number of benzene rings is 3. The van der Waals surface area contributed by atoms with Crippen LogP contribution in [0.4, 0.5) is 11.4 Å². The lowest BCUT2D eigenvalue weighted by Crippen LogP contribution is -2.48. The summed E-state index contributed by atoms with van der Waals surface area (Å²) in [6.07, 6.45) is -1.02. The Bertz CT molecular complexity index is 1240. The Labute approximate surface area is 186 Å². The predicted molar refractivity (Wildman–Crippen MR) is 121 cm³/mol. The second kappa shape index (κ2) is 8.24. The van der Waals surface area contributed by atoms with E-state index in [0.717, 1.165) is 11.1 Å². The summed E-state index contributed by atoms with van der Waals surface area (Å²) >= 11 is 5.91. The highest BCUT2D eigenvalue weighted by Gasteiger charge is 2.37. The van der Waals surface area contributed by atoms with Crippen LogP contribution in [0.1, 0.15) is 11.1 Å². The third kappa shape index (κ3) is 4.11. The number of nitrogens with zero attached hydrogens (tertiary/aromatic N) is 1. The van der Waals surface area contributed by atoms with Crippen LogP contribution in [0, 0.1) is 13.8 Å². The number of carbonyl (C=O) groups is 1. The molecule has 0 fully saturated rings. The zero-order chi connectivity index (χ0) is 22.2. The first-order chi connectivity index (χ1) is 14.8.